The highest BCUT2D eigenvalue weighted by Crippen LogP contribution is 2.79. The van der Waals surface area contributed by atoms with Gasteiger partial charge in [-0.1, -0.05) is 6.07 Å². The standard InChI is InChI=1S/C19H22F2N2O7P2/c1-12(23(2)3)28-14-8-15(20)17(16(21)9-14)18-29-31(4,25)19(24,32(26,27)30-18)10-13-6-5-7-22-11-13/h5-9,11,18,24-25H,1,4,10H2,2-3H3,(H,26,27). The van der Waals surface area contributed by atoms with Crippen LogP contribution in [0.3, 0.4) is 0 Å². The summed E-state index contributed by atoms with van der Waals surface area (Å²) in [5.41, 5.74) is -0.621. The molecule has 9 nitrogen and oxygen atoms in total. The molecule has 2 heterocycles. The van der Waals surface area contributed by atoms with E-state index in [0.29, 0.717) is 0 Å². The molecule has 1 saturated heterocycles. The Morgan fingerprint density at radius 3 is 2.44 bits per heavy atom. The number of aliphatic hydroxyl groups is 1. The topological polar surface area (TPSA) is 122 Å². The van der Waals surface area contributed by atoms with Gasteiger partial charge in [0, 0.05) is 45.0 Å². The molecule has 1 aromatic heterocycles. The van der Waals surface area contributed by atoms with Crippen LogP contribution < -0.4 is 4.74 Å². The third kappa shape index (κ3) is 4.51. The van der Waals surface area contributed by atoms with Crippen molar-refractivity contribution in [3.8, 4) is 5.75 Å². The first kappa shape index (κ1) is 24.5. The Bertz CT molecular complexity index is 1080. The number of hydrogen-bond donors (Lipinski definition) is 3. The normalized spacial score (nSPS) is 30.0. The maximum Gasteiger partial charge on any atom is 0.371 e. The molecule has 3 N–H and O–H groups in total. The summed E-state index contributed by atoms with van der Waals surface area (Å²) in [5, 5.41) is 8.05. The fourth-order valence-corrected chi connectivity index (χ4v) is 6.80. The van der Waals surface area contributed by atoms with Gasteiger partial charge in [-0.2, -0.15) is 0 Å². The Morgan fingerprint density at radius 1 is 1.31 bits per heavy atom. The van der Waals surface area contributed by atoms with Crippen molar-refractivity contribution in [1.29, 1.82) is 0 Å². The summed E-state index contributed by atoms with van der Waals surface area (Å²) < 4.78 is 57.7. The molecule has 1 aliphatic heterocycles. The molecule has 2 aromatic rings. The summed E-state index contributed by atoms with van der Waals surface area (Å²) in [6.07, 6.45) is 3.35. The van der Waals surface area contributed by atoms with Crippen LogP contribution in [0.4, 0.5) is 8.78 Å². The van der Waals surface area contributed by atoms with Crippen molar-refractivity contribution in [1.82, 2.24) is 9.88 Å². The number of aromatic nitrogens is 1. The molecule has 0 radical (unpaired) electrons. The van der Waals surface area contributed by atoms with Gasteiger partial charge in [0.05, 0.1) is 5.56 Å². The molecule has 0 bridgehead atoms. The van der Waals surface area contributed by atoms with E-state index in [4.69, 9.17) is 13.8 Å². The van der Waals surface area contributed by atoms with Crippen LogP contribution in [0.2, 0.25) is 0 Å². The van der Waals surface area contributed by atoms with E-state index < -0.39 is 49.9 Å². The van der Waals surface area contributed by atoms with Crippen molar-refractivity contribution < 1.29 is 42.0 Å². The molecule has 1 aromatic carbocycles. The Labute approximate surface area is 183 Å². The summed E-state index contributed by atoms with van der Waals surface area (Å²) in [7, 11) is -6.33. The lowest BCUT2D eigenvalue weighted by molar-refractivity contribution is -0.0511. The van der Waals surface area contributed by atoms with Gasteiger partial charge in [-0.25, -0.2) is 8.78 Å². The van der Waals surface area contributed by atoms with E-state index in [2.05, 4.69) is 17.9 Å². The third-order valence-corrected chi connectivity index (χ3v) is 9.76. The lowest BCUT2D eigenvalue weighted by atomic mass is 10.2. The lowest BCUT2D eigenvalue weighted by Gasteiger charge is -2.45. The summed E-state index contributed by atoms with van der Waals surface area (Å²) >= 11 is 0. The van der Waals surface area contributed by atoms with Crippen LogP contribution in [0.5, 0.6) is 5.75 Å². The van der Waals surface area contributed by atoms with E-state index in [1.807, 2.05) is 0 Å². The minimum absolute atomic E-state index is 0.0973. The molecular formula is C19H22F2N2O7P2. The van der Waals surface area contributed by atoms with Gasteiger partial charge in [0.1, 0.15) is 17.4 Å². The third-order valence-electron chi connectivity index (χ3n) is 4.71. The second-order valence-electron chi connectivity index (χ2n) is 7.27. The van der Waals surface area contributed by atoms with Crippen molar-refractivity contribution in [2.24, 2.45) is 0 Å². The van der Waals surface area contributed by atoms with Crippen LogP contribution in [-0.4, -0.2) is 50.3 Å². The average molecular weight is 490 g/mol. The smallest absolute Gasteiger partial charge is 0.371 e. The second kappa shape index (κ2) is 8.68. The Balaban J connectivity index is 1.95. The summed E-state index contributed by atoms with van der Waals surface area (Å²) in [6.45, 7) is 3.58. The Kier molecular flexibility index (Phi) is 6.66. The highest BCUT2D eigenvalue weighted by Gasteiger charge is 2.63. The van der Waals surface area contributed by atoms with Gasteiger partial charge < -0.3 is 24.5 Å². The highest BCUT2D eigenvalue weighted by atomic mass is 31.2. The Hall–Kier alpha value is -2.10. The predicted octanol–water partition coefficient (Wildman–Crippen LogP) is 3.16. The minimum atomic E-state index is -5.15. The number of benzene rings is 1. The monoisotopic (exact) mass is 490 g/mol. The maximum atomic E-state index is 14.7. The van der Waals surface area contributed by atoms with Crippen LogP contribution >= 0.6 is 14.9 Å². The van der Waals surface area contributed by atoms with Gasteiger partial charge in [0.15, 0.2) is 13.2 Å². The van der Waals surface area contributed by atoms with Gasteiger partial charge in [-0.3, -0.25) is 18.6 Å². The molecule has 1 fully saturated rings. The van der Waals surface area contributed by atoms with Gasteiger partial charge in [-0.15, -0.1) is 0 Å². The number of nitrogens with zero attached hydrogens (tertiary/aromatic N) is 2. The molecular weight excluding hydrogens is 468 g/mol. The number of ether oxygens (including phenoxy) is 1. The zero-order valence-electron chi connectivity index (χ0n) is 17.2. The van der Waals surface area contributed by atoms with Crippen LogP contribution in [0.1, 0.15) is 17.4 Å². The van der Waals surface area contributed by atoms with Crippen molar-refractivity contribution >= 4 is 21.2 Å². The molecule has 4 unspecified atom stereocenters. The first-order valence-corrected chi connectivity index (χ1v) is 12.5. The molecule has 0 aliphatic carbocycles. The highest BCUT2D eigenvalue weighted by molar-refractivity contribution is 7.78. The van der Waals surface area contributed by atoms with E-state index in [-0.39, 0.29) is 17.2 Å². The largest absolute Gasteiger partial charge is 0.442 e. The number of halogens is 2. The fourth-order valence-electron chi connectivity index (χ4n) is 2.85. The number of rotatable bonds is 6. The van der Waals surface area contributed by atoms with Gasteiger partial charge >= 0.3 is 7.60 Å². The maximum absolute atomic E-state index is 14.7. The summed E-state index contributed by atoms with van der Waals surface area (Å²) in [4.78, 5) is 26.5. The SMILES string of the molecule is C=C(Oc1cc(F)c(C2OP(=C)(O)C(O)(Cc3cccnc3)P(=O)(O)O2)c(F)c1)N(C)C. The van der Waals surface area contributed by atoms with Crippen LogP contribution in [0.15, 0.2) is 49.1 Å². The van der Waals surface area contributed by atoms with Gasteiger partial charge in [0.2, 0.25) is 11.4 Å². The fraction of sp³-hybridized carbons (Fsp3) is 0.263. The quantitative estimate of drug-likeness (QED) is 0.414. The first-order valence-electron chi connectivity index (χ1n) is 9.07. The van der Waals surface area contributed by atoms with Crippen molar-refractivity contribution in [3.05, 3.63) is 71.9 Å². The van der Waals surface area contributed by atoms with Crippen LogP contribution in [-0.2, 0) is 20.0 Å². The zero-order chi connectivity index (χ0) is 23.9. The Morgan fingerprint density at radius 2 is 1.94 bits per heavy atom. The van der Waals surface area contributed by atoms with E-state index in [9.17, 15) is 28.2 Å². The van der Waals surface area contributed by atoms with E-state index in [1.165, 1.54) is 29.4 Å². The first-order chi connectivity index (χ1) is 14.8. The predicted molar refractivity (Wildman–Crippen MR) is 114 cm³/mol. The van der Waals surface area contributed by atoms with Gasteiger partial charge in [0.25, 0.3) is 0 Å². The van der Waals surface area contributed by atoms with Crippen molar-refractivity contribution in [3.63, 3.8) is 0 Å². The van der Waals surface area contributed by atoms with Crippen molar-refractivity contribution in [2.45, 2.75) is 17.8 Å². The molecule has 0 saturated carbocycles. The van der Waals surface area contributed by atoms with Crippen molar-refractivity contribution in [2.75, 3.05) is 14.1 Å². The zero-order valence-corrected chi connectivity index (χ0v) is 19.0. The molecule has 0 amide bonds. The minimum Gasteiger partial charge on any atom is -0.442 e. The number of hydrogen-bond acceptors (Lipinski definition) is 8. The summed E-state index contributed by atoms with van der Waals surface area (Å²) in [6, 6.07) is 4.57. The van der Waals surface area contributed by atoms with Crippen LogP contribution in [0.25, 0.3) is 0 Å². The molecule has 3 rings (SSSR count). The molecule has 1 aliphatic rings. The molecule has 0 spiro atoms. The lowest BCUT2D eigenvalue weighted by Crippen LogP contribution is -2.38. The summed E-state index contributed by atoms with van der Waals surface area (Å²) in [5.74, 6) is -2.62. The van der Waals surface area contributed by atoms with Gasteiger partial charge in [-0.05, 0) is 24.5 Å². The number of pyridine rings is 1. The van der Waals surface area contributed by atoms with E-state index in [1.54, 1.807) is 14.1 Å². The van der Waals surface area contributed by atoms with E-state index >= 15 is 0 Å². The van der Waals surface area contributed by atoms with Crippen LogP contribution in [0, 0.1) is 11.6 Å². The molecule has 4 atom stereocenters. The molecule has 13 heteroatoms. The second-order valence-corrected chi connectivity index (χ2v) is 12.0. The molecule has 32 heavy (non-hydrogen) atoms. The molecule has 174 valence electrons. The average Bonchev–Trinajstić information content (AvgIpc) is 2.66. The van der Waals surface area contributed by atoms with E-state index in [0.717, 1.165) is 12.1 Å².